The maximum absolute atomic E-state index is 11.7. The van der Waals surface area contributed by atoms with Crippen molar-refractivity contribution in [2.45, 2.75) is 5.60 Å². The van der Waals surface area contributed by atoms with Gasteiger partial charge in [-0.25, -0.2) is 0 Å². The molecule has 1 unspecified atom stereocenters. The van der Waals surface area contributed by atoms with Gasteiger partial charge in [0.15, 0.2) is 11.8 Å². The van der Waals surface area contributed by atoms with Gasteiger partial charge in [0.25, 0.3) is 0 Å². The second kappa shape index (κ2) is 6.60. The number of ketones is 1. The Labute approximate surface area is 129 Å². The minimum Gasteiger partial charge on any atom is -0.509 e. The van der Waals surface area contributed by atoms with Crippen molar-refractivity contribution in [1.82, 2.24) is 4.98 Å². The van der Waals surface area contributed by atoms with Crippen LogP contribution in [0.4, 0.5) is 0 Å². The van der Waals surface area contributed by atoms with Crippen LogP contribution in [0, 0.1) is 0 Å². The number of halogens is 3. The molecule has 0 bridgehead atoms. The van der Waals surface area contributed by atoms with Crippen molar-refractivity contribution >= 4 is 40.6 Å². The van der Waals surface area contributed by atoms with Gasteiger partial charge in [0, 0.05) is 0 Å². The van der Waals surface area contributed by atoms with Gasteiger partial charge < -0.3 is 20.1 Å². The van der Waals surface area contributed by atoms with Gasteiger partial charge in [-0.2, -0.15) is 4.98 Å². The first kappa shape index (κ1) is 17.0. The molecule has 1 aromatic heterocycles. The van der Waals surface area contributed by atoms with Crippen LogP contribution in [0.2, 0.25) is 15.2 Å². The average Bonchev–Trinajstić information content (AvgIpc) is 2.39. The number of carbonyl (C=O) groups is 1. The Morgan fingerprint density at radius 3 is 2.50 bits per heavy atom. The second-order valence-corrected chi connectivity index (χ2v) is 4.90. The fourth-order valence-electron chi connectivity index (χ4n) is 1.12. The van der Waals surface area contributed by atoms with Crippen molar-refractivity contribution in [3.8, 4) is 5.88 Å². The number of pyridine rings is 1. The molecule has 0 saturated heterocycles. The monoisotopic (exact) mass is 341 g/mol. The zero-order chi connectivity index (χ0) is 15.5. The molecular formula is C11H10Cl3NO5. The number of hydrogen-bond acceptors (Lipinski definition) is 6. The van der Waals surface area contributed by atoms with E-state index in [0.29, 0.717) is 0 Å². The molecule has 0 saturated carbocycles. The third-order valence-electron chi connectivity index (χ3n) is 2.36. The number of carbonyl (C=O) groups excluding carboxylic acids is 1. The van der Waals surface area contributed by atoms with Crippen molar-refractivity contribution in [1.29, 1.82) is 0 Å². The van der Waals surface area contributed by atoms with Crippen LogP contribution in [0.25, 0.3) is 0 Å². The first-order valence-electron chi connectivity index (χ1n) is 5.11. The number of ether oxygens (including phenoxy) is 1. The second-order valence-electron chi connectivity index (χ2n) is 3.72. The van der Waals surface area contributed by atoms with E-state index in [2.05, 4.69) is 11.6 Å². The molecule has 0 aliphatic rings. The Morgan fingerprint density at radius 1 is 1.40 bits per heavy atom. The first-order valence-corrected chi connectivity index (χ1v) is 6.25. The molecule has 0 amide bonds. The number of Topliss-reactive ketones (excluding diaryl/α,β-unsaturated/α-hetero) is 1. The van der Waals surface area contributed by atoms with Crippen LogP contribution in [0.1, 0.15) is 0 Å². The van der Waals surface area contributed by atoms with Gasteiger partial charge in [-0.15, -0.1) is 0 Å². The normalized spacial score (nSPS) is 13.7. The van der Waals surface area contributed by atoms with E-state index in [-0.39, 0.29) is 21.1 Å². The van der Waals surface area contributed by atoms with Gasteiger partial charge in [-0.05, 0) is 6.07 Å². The van der Waals surface area contributed by atoms with Crippen molar-refractivity contribution < 1.29 is 24.9 Å². The van der Waals surface area contributed by atoms with Gasteiger partial charge in [-0.3, -0.25) is 4.79 Å². The molecule has 1 rings (SSSR count). The molecule has 0 aliphatic carbocycles. The molecule has 1 heterocycles. The lowest BCUT2D eigenvalue weighted by Crippen LogP contribution is -2.46. The highest BCUT2D eigenvalue weighted by Gasteiger charge is 2.39. The summed E-state index contributed by atoms with van der Waals surface area (Å²) in [5.74, 6) is -2.11. The molecule has 0 aromatic carbocycles. The van der Waals surface area contributed by atoms with Gasteiger partial charge >= 0.3 is 0 Å². The van der Waals surface area contributed by atoms with E-state index in [1.165, 1.54) is 6.07 Å². The number of aliphatic hydroxyl groups is 3. The predicted molar refractivity (Wildman–Crippen MR) is 73.6 cm³/mol. The van der Waals surface area contributed by atoms with Crippen LogP contribution in [-0.4, -0.2) is 44.9 Å². The molecule has 0 radical (unpaired) electrons. The smallest absolute Gasteiger partial charge is 0.234 e. The zero-order valence-electron chi connectivity index (χ0n) is 9.94. The van der Waals surface area contributed by atoms with Crippen LogP contribution in [0.5, 0.6) is 5.88 Å². The molecule has 0 aliphatic heterocycles. The highest BCUT2D eigenvalue weighted by atomic mass is 35.5. The summed E-state index contributed by atoms with van der Waals surface area (Å²) in [4.78, 5) is 15.4. The van der Waals surface area contributed by atoms with Crippen molar-refractivity contribution in [2.75, 3.05) is 13.2 Å². The standard InChI is InChI=1S/C11H10Cl3NO5/c1-5(17)11(19,4-16)8(18)3-20-10-7(13)2-6(12)9(14)15-10/h2,16-17,19H,1,3-4H2. The minimum absolute atomic E-state index is 0.00237. The Bertz CT molecular complexity index is 551. The van der Waals surface area contributed by atoms with Crippen LogP contribution in [0.15, 0.2) is 18.4 Å². The summed E-state index contributed by atoms with van der Waals surface area (Å²) >= 11 is 17.1. The summed E-state index contributed by atoms with van der Waals surface area (Å²) in [6, 6.07) is 1.27. The maximum atomic E-state index is 11.7. The summed E-state index contributed by atoms with van der Waals surface area (Å²) in [7, 11) is 0. The predicted octanol–water partition coefficient (Wildman–Crippen LogP) is 1.78. The molecule has 0 fully saturated rings. The van der Waals surface area contributed by atoms with Crippen LogP contribution in [-0.2, 0) is 4.79 Å². The quantitative estimate of drug-likeness (QED) is 0.538. The lowest BCUT2D eigenvalue weighted by Gasteiger charge is -2.22. The van der Waals surface area contributed by atoms with E-state index in [4.69, 9.17) is 49.8 Å². The fourth-order valence-corrected chi connectivity index (χ4v) is 1.67. The number of aliphatic hydroxyl groups excluding tert-OH is 2. The van der Waals surface area contributed by atoms with E-state index >= 15 is 0 Å². The minimum atomic E-state index is -2.51. The summed E-state index contributed by atoms with van der Waals surface area (Å²) in [5, 5.41) is 27.8. The van der Waals surface area contributed by atoms with Crippen molar-refractivity contribution in [3.63, 3.8) is 0 Å². The molecule has 9 heteroatoms. The molecular weight excluding hydrogens is 332 g/mol. The highest BCUT2D eigenvalue weighted by Crippen LogP contribution is 2.30. The van der Waals surface area contributed by atoms with Gasteiger partial charge in [0.05, 0.1) is 11.6 Å². The lowest BCUT2D eigenvalue weighted by atomic mass is 9.98. The van der Waals surface area contributed by atoms with Crippen LogP contribution < -0.4 is 4.74 Å². The number of rotatable bonds is 6. The Hall–Kier alpha value is -1.05. The maximum Gasteiger partial charge on any atom is 0.234 e. The number of aromatic nitrogens is 1. The zero-order valence-corrected chi connectivity index (χ0v) is 12.2. The highest BCUT2D eigenvalue weighted by molar-refractivity contribution is 6.42. The van der Waals surface area contributed by atoms with Gasteiger partial charge in [-0.1, -0.05) is 41.4 Å². The Balaban J connectivity index is 2.85. The molecule has 3 N–H and O–H groups in total. The summed E-state index contributed by atoms with van der Waals surface area (Å²) < 4.78 is 4.97. The average molecular weight is 343 g/mol. The molecule has 110 valence electrons. The molecule has 0 spiro atoms. The lowest BCUT2D eigenvalue weighted by molar-refractivity contribution is -0.142. The first-order chi connectivity index (χ1) is 9.22. The Morgan fingerprint density at radius 2 is 2.00 bits per heavy atom. The summed E-state index contributed by atoms with van der Waals surface area (Å²) in [6.45, 7) is 1.24. The van der Waals surface area contributed by atoms with Gasteiger partial charge in [0.2, 0.25) is 17.3 Å². The van der Waals surface area contributed by atoms with Crippen LogP contribution >= 0.6 is 34.8 Å². The number of hydrogen-bond donors (Lipinski definition) is 3. The third-order valence-corrected chi connectivity index (χ3v) is 3.31. The summed E-state index contributed by atoms with van der Waals surface area (Å²) in [6.07, 6.45) is 0. The van der Waals surface area contributed by atoms with Gasteiger partial charge in [0.1, 0.15) is 10.8 Å². The van der Waals surface area contributed by atoms with Crippen molar-refractivity contribution in [2.24, 2.45) is 0 Å². The molecule has 1 aromatic rings. The van der Waals surface area contributed by atoms with E-state index in [9.17, 15) is 9.90 Å². The summed E-state index contributed by atoms with van der Waals surface area (Å²) in [5.41, 5.74) is -2.51. The SMILES string of the molecule is C=C(O)C(O)(CO)C(=O)COc1nc(Cl)c(Cl)cc1Cl. The van der Waals surface area contributed by atoms with E-state index in [0.717, 1.165) is 0 Å². The van der Waals surface area contributed by atoms with E-state index in [1.807, 2.05) is 0 Å². The van der Waals surface area contributed by atoms with Crippen molar-refractivity contribution in [3.05, 3.63) is 33.6 Å². The number of nitrogens with zero attached hydrogens (tertiary/aromatic N) is 1. The fraction of sp³-hybridized carbons (Fsp3) is 0.273. The largest absolute Gasteiger partial charge is 0.509 e. The van der Waals surface area contributed by atoms with E-state index < -0.39 is 30.4 Å². The van der Waals surface area contributed by atoms with E-state index in [1.54, 1.807) is 0 Å². The molecule has 6 nitrogen and oxygen atoms in total. The molecule has 1 atom stereocenters. The van der Waals surface area contributed by atoms with Crippen LogP contribution in [0.3, 0.4) is 0 Å². The topological polar surface area (TPSA) is 99.9 Å². The Kier molecular flexibility index (Phi) is 5.61. The third kappa shape index (κ3) is 3.53. The molecule has 20 heavy (non-hydrogen) atoms.